The van der Waals surface area contributed by atoms with Gasteiger partial charge in [0.1, 0.15) is 11.6 Å². The maximum atomic E-state index is 12.6. The van der Waals surface area contributed by atoms with Gasteiger partial charge in [0.15, 0.2) is 0 Å². The van der Waals surface area contributed by atoms with Crippen molar-refractivity contribution in [1.82, 2.24) is 4.98 Å². The topological polar surface area (TPSA) is 22.1 Å². The number of ether oxygens (including phenoxy) is 1. The molecule has 1 aromatic carbocycles. The minimum atomic E-state index is -0.245. The van der Waals surface area contributed by atoms with E-state index in [1.54, 1.807) is 23.5 Å². The number of halogens is 1. The summed E-state index contributed by atoms with van der Waals surface area (Å²) in [6.07, 6.45) is 0.841. The molecule has 0 unspecified atom stereocenters. The molecule has 0 amide bonds. The highest BCUT2D eigenvalue weighted by Gasteiger charge is 2.01. The van der Waals surface area contributed by atoms with Crippen molar-refractivity contribution in [2.24, 2.45) is 0 Å². The smallest absolute Gasteiger partial charge is 0.123 e. The number of thiazole rings is 1. The second-order valence-corrected chi connectivity index (χ2v) is 4.35. The summed E-state index contributed by atoms with van der Waals surface area (Å²) in [5, 5.41) is 0. The predicted octanol–water partition coefficient (Wildman–Crippen LogP) is 3.21. The Morgan fingerprint density at radius 1 is 1.31 bits per heavy atom. The molecule has 0 spiro atoms. The van der Waals surface area contributed by atoms with Gasteiger partial charge in [0.2, 0.25) is 0 Å². The largest absolute Gasteiger partial charge is 0.493 e. The van der Waals surface area contributed by atoms with E-state index in [1.807, 2.05) is 12.4 Å². The third-order valence-corrected chi connectivity index (χ3v) is 3.25. The van der Waals surface area contributed by atoms with Crippen molar-refractivity contribution in [3.8, 4) is 5.75 Å². The summed E-state index contributed by atoms with van der Waals surface area (Å²) < 4.78 is 18.1. The maximum absolute atomic E-state index is 12.6. The number of aromatic nitrogens is 1. The molecule has 4 heteroatoms. The Hall–Kier alpha value is -1.42. The third kappa shape index (κ3) is 2.79. The first-order chi connectivity index (χ1) is 7.75. The quantitative estimate of drug-likeness (QED) is 0.814. The van der Waals surface area contributed by atoms with Crippen LogP contribution in [0.2, 0.25) is 0 Å². The molecule has 0 aliphatic rings. The molecule has 0 saturated heterocycles. The Labute approximate surface area is 97.7 Å². The van der Waals surface area contributed by atoms with E-state index >= 15 is 0 Å². The van der Waals surface area contributed by atoms with E-state index < -0.39 is 0 Å². The van der Waals surface area contributed by atoms with Gasteiger partial charge in [-0.1, -0.05) is 0 Å². The molecule has 0 N–H and O–H groups in total. The molecule has 2 nitrogen and oxygen atoms in total. The van der Waals surface area contributed by atoms with Crippen LogP contribution in [0.4, 0.5) is 4.39 Å². The molecule has 0 bridgehead atoms. The lowest BCUT2D eigenvalue weighted by molar-refractivity contribution is 0.322. The lowest BCUT2D eigenvalue weighted by Crippen LogP contribution is -2.01. The van der Waals surface area contributed by atoms with Gasteiger partial charge in [-0.05, 0) is 31.2 Å². The van der Waals surface area contributed by atoms with Crippen LogP contribution in [-0.4, -0.2) is 11.6 Å². The second kappa shape index (κ2) is 5.07. The van der Waals surface area contributed by atoms with Crippen LogP contribution < -0.4 is 4.74 Å². The van der Waals surface area contributed by atoms with Gasteiger partial charge in [0, 0.05) is 11.3 Å². The predicted molar refractivity (Wildman–Crippen MR) is 62.5 cm³/mol. The summed E-state index contributed by atoms with van der Waals surface area (Å²) in [5.41, 5.74) is 2.90. The zero-order valence-electron chi connectivity index (χ0n) is 8.94. The SMILES string of the molecule is Cc1ncsc1CCOc1ccc(F)cc1. The molecule has 0 atom stereocenters. The van der Waals surface area contributed by atoms with Crippen LogP contribution in [0.3, 0.4) is 0 Å². The van der Waals surface area contributed by atoms with Gasteiger partial charge < -0.3 is 4.74 Å². The van der Waals surface area contributed by atoms with E-state index in [0.717, 1.165) is 12.1 Å². The Balaban J connectivity index is 1.84. The van der Waals surface area contributed by atoms with Crippen molar-refractivity contribution in [3.63, 3.8) is 0 Å². The number of hydrogen-bond acceptors (Lipinski definition) is 3. The Kier molecular flexibility index (Phi) is 3.51. The number of nitrogens with zero attached hydrogens (tertiary/aromatic N) is 1. The molecule has 0 radical (unpaired) electrons. The van der Waals surface area contributed by atoms with E-state index in [2.05, 4.69) is 4.98 Å². The van der Waals surface area contributed by atoms with Crippen LogP contribution in [0.1, 0.15) is 10.6 Å². The van der Waals surface area contributed by atoms with Gasteiger partial charge in [-0.3, -0.25) is 0 Å². The van der Waals surface area contributed by atoms with Crippen LogP contribution in [0.25, 0.3) is 0 Å². The van der Waals surface area contributed by atoms with Crippen molar-refractivity contribution in [2.45, 2.75) is 13.3 Å². The van der Waals surface area contributed by atoms with Crippen molar-refractivity contribution in [3.05, 3.63) is 46.2 Å². The molecule has 2 rings (SSSR count). The molecule has 0 saturated carbocycles. The number of aryl methyl sites for hydroxylation is 1. The van der Waals surface area contributed by atoms with Gasteiger partial charge in [-0.2, -0.15) is 0 Å². The van der Waals surface area contributed by atoms with Crippen LogP contribution in [0.5, 0.6) is 5.75 Å². The van der Waals surface area contributed by atoms with Gasteiger partial charge in [-0.15, -0.1) is 11.3 Å². The Morgan fingerprint density at radius 3 is 2.69 bits per heavy atom. The van der Waals surface area contributed by atoms with E-state index in [-0.39, 0.29) is 5.82 Å². The Morgan fingerprint density at radius 2 is 2.06 bits per heavy atom. The van der Waals surface area contributed by atoms with Crippen LogP contribution >= 0.6 is 11.3 Å². The average molecular weight is 237 g/mol. The summed E-state index contributed by atoms with van der Waals surface area (Å²) >= 11 is 1.64. The second-order valence-electron chi connectivity index (χ2n) is 3.41. The van der Waals surface area contributed by atoms with Crippen molar-refractivity contribution in [1.29, 1.82) is 0 Å². The minimum absolute atomic E-state index is 0.245. The first-order valence-corrected chi connectivity index (χ1v) is 5.91. The van der Waals surface area contributed by atoms with Crippen molar-refractivity contribution in [2.75, 3.05) is 6.61 Å². The molecule has 0 aliphatic heterocycles. The fraction of sp³-hybridized carbons (Fsp3) is 0.250. The number of rotatable bonds is 4. The molecule has 1 aromatic heterocycles. The standard InChI is InChI=1S/C12H12FNOS/c1-9-12(16-8-14-9)6-7-15-11-4-2-10(13)3-5-11/h2-5,8H,6-7H2,1H3. The fourth-order valence-electron chi connectivity index (χ4n) is 1.36. The molecule has 84 valence electrons. The monoisotopic (exact) mass is 237 g/mol. The Bertz CT molecular complexity index is 452. The molecule has 0 aliphatic carbocycles. The summed E-state index contributed by atoms with van der Waals surface area (Å²) in [7, 11) is 0. The first kappa shape index (κ1) is 11.1. The van der Waals surface area contributed by atoms with Gasteiger partial charge >= 0.3 is 0 Å². The lowest BCUT2D eigenvalue weighted by Gasteiger charge is -2.04. The number of hydrogen-bond donors (Lipinski definition) is 0. The first-order valence-electron chi connectivity index (χ1n) is 5.03. The molecule has 1 heterocycles. The highest BCUT2D eigenvalue weighted by Crippen LogP contribution is 2.15. The summed E-state index contributed by atoms with van der Waals surface area (Å²) in [6.45, 7) is 2.58. The van der Waals surface area contributed by atoms with E-state index in [9.17, 15) is 4.39 Å². The van der Waals surface area contributed by atoms with Crippen molar-refractivity contribution >= 4 is 11.3 Å². The number of benzene rings is 1. The van der Waals surface area contributed by atoms with E-state index in [4.69, 9.17) is 4.74 Å². The maximum Gasteiger partial charge on any atom is 0.123 e. The van der Waals surface area contributed by atoms with Crippen LogP contribution in [0, 0.1) is 12.7 Å². The van der Waals surface area contributed by atoms with Crippen LogP contribution in [-0.2, 0) is 6.42 Å². The normalized spacial score (nSPS) is 10.4. The van der Waals surface area contributed by atoms with E-state index in [1.165, 1.54) is 17.0 Å². The molecule has 16 heavy (non-hydrogen) atoms. The average Bonchev–Trinajstić information content (AvgIpc) is 2.68. The fourth-order valence-corrected chi connectivity index (χ4v) is 2.12. The molecular formula is C12H12FNOS. The lowest BCUT2D eigenvalue weighted by atomic mass is 10.3. The third-order valence-electron chi connectivity index (χ3n) is 2.26. The highest BCUT2D eigenvalue weighted by molar-refractivity contribution is 7.09. The molecular weight excluding hydrogens is 225 g/mol. The summed E-state index contributed by atoms with van der Waals surface area (Å²) in [4.78, 5) is 5.41. The minimum Gasteiger partial charge on any atom is -0.493 e. The van der Waals surface area contributed by atoms with Gasteiger partial charge in [0.05, 0.1) is 17.8 Å². The van der Waals surface area contributed by atoms with Crippen molar-refractivity contribution < 1.29 is 9.13 Å². The summed E-state index contributed by atoms with van der Waals surface area (Å²) in [6, 6.07) is 6.06. The van der Waals surface area contributed by atoms with Gasteiger partial charge in [0.25, 0.3) is 0 Å². The summed E-state index contributed by atoms with van der Waals surface area (Å²) in [5.74, 6) is 0.453. The van der Waals surface area contributed by atoms with E-state index in [0.29, 0.717) is 12.4 Å². The highest BCUT2D eigenvalue weighted by atomic mass is 32.1. The molecule has 0 fully saturated rings. The van der Waals surface area contributed by atoms with Crippen LogP contribution in [0.15, 0.2) is 29.8 Å². The zero-order valence-corrected chi connectivity index (χ0v) is 9.76. The zero-order chi connectivity index (χ0) is 11.4. The molecule has 2 aromatic rings. The van der Waals surface area contributed by atoms with Gasteiger partial charge in [-0.25, -0.2) is 9.37 Å².